The first-order chi connectivity index (χ1) is 9.09. The molecule has 0 spiro atoms. The lowest BCUT2D eigenvalue weighted by Crippen LogP contribution is -2.19. The second kappa shape index (κ2) is 6.23. The second-order valence-corrected chi connectivity index (χ2v) is 9.41. The van der Waals surface area contributed by atoms with Crippen LogP contribution in [0.2, 0.25) is 0 Å². The molecule has 0 heterocycles. The standard InChI is InChI=1S/C11H13BrO6S2/c1-2-19(15,16)5-6-20(17,18)10-7-8(11(13)14)3-4-9(10)12/h3-4,7H,2,5-6H2,1H3,(H,13,14). The van der Waals surface area contributed by atoms with E-state index >= 15 is 0 Å². The third-order valence-electron chi connectivity index (χ3n) is 2.62. The zero-order valence-electron chi connectivity index (χ0n) is 10.5. The van der Waals surface area contributed by atoms with Crippen molar-refractivity contribution in [2.75, 3.05) is 17.3 Å². The van der Waals surface area contributed by atoms with E-state index in [4.69, 9.17) is 5.11 Å². The Kier molecular flexibility index (Phi) is 5.33. The quantitative estimate of drug-likeness (QED) is 0.793. The van der Waals surface area contributed by atoms with Crippen LogP contribution in [0, 0.1) is 0 Å². The third-order valence-corrected chi connectivity index (χ3v) is 7.28. The van der Waals surface area contributed by atoms with Gasteiger partial charge in [0.2, 0.25) is 0 Å². The van der Waals surface area contributed by atoms with Crippen LogP contribution in [0.4, 0.5) is 0 Å². The monoisotopic (exact) mass is 384 g/mol. The smallest absolute Gasteiger partial charge is 0.335 e. The fourth-order valence-electron chi connectivity index (χ4n) is 1.37. The highest BCUT2D eigenvalue weighted by atomic mass is 79.9. The number of carboxylic acids is 1. The van der Waals surface area contributed by atoms with Gasteiger partial charge in [-0.3, -0.25) is 0 Å². The molecule has 20 heavy (non-hydrogen) atoms. The van der Waals surface area contributed by atoms with Crippen molar-refractivity contribution in [1.29, 1.82) is 0 Å². The highest BCUT2D eigenvalue weighted by molar-refractivity contribution is 9.10. The maximum atomic E-state index is 12.1. The Labute approximate surface area is 125 Å². The SMILES string of the molecule is CCS(=O)(=O)CCS(=O)(=O)c1cc(C(=O)O)ccc1Br. The topological polar surface area (TPSA) is 106 Å². The average molecular weight is 385 g/mol. The first-order valence-electron chi connectivity index (χ1n) is 5.55. The van der Waals surface area contributed by atoms with E-state index in [0.717, 1.165) is 6.07 Å². The van der Waals surface area contributed by atoms with Crippen LogP contribution >= 0.6 is 15.9 Å². The molecule has 0 radical (unpaired) electrons. The van der Waals surface area contributed by atoms with Crippen molar-refractivity contribution < 1.29 is 26.7 Å². The highest BCUT2D eigenvalue weighted by Gasteiger charge is 2.22. The summed E-state index contributed by atoms with van der Waals surface area (Å²) in [5, 5.41) is 8.86. The predicted octanol–water partition coefficient (Wildman–Crippen LogP) is 1.36. The van der Waals surface area contributed by atoms with Gasteiger partial charge in [-0.05, 0) is 34.1 Å². The number of sulfone groups is 2. The van der Waals surface area contributed by atoms with Gasteiger partial charge in [-0.1, -0.05) is 6.92 Å². The van der Waals surface area contributed by atoms with Crippen LogP contribution in [0.15, 0.2) is 27.6 Å². The lowest BCUT2D eigenvalue weighted by atomic mass is 10.2. The van der Waals surface area contributed by atoms with Gasteiger partial charge >= 0.3 is 5.97 Å². The molecule has 1 aromatic rings. The molecule has 0 aliphatic heterocycles. The summed E-state index contributed by atoms with van der Waals surface area (Å²) in [5.41, 5.74) is -0.176. The van der Waals surface area contributed by atoms with Gasteiger partial charge in [-0.2, -0.15) is 0 Å². The molecule has 0 aromatic heterocycles. The van der Waals surface area contributed by atoms with Crippen LogP contribution in [0.1, 0.15) is 17.3 Å². The maximum absolute atomic E-state index is 12.1. The largest absolute Gasteiger partial charge is 0.478 e. The molecule has 0 fully saturated rings. The highest BCUT2D eigenvalue weighted by Crippen LogP contribution is 2.24. The molecule has 0 saturated carbocycles. The summed E-state index contributed by atoms with van der Waals surface area (Å²) >= 11 is 3.03. The molecule has 1 aromatic carbocycles. The van der Waals surface area contributed by atoms with Crippen LogP contribution < -0.4 is 0 Å². The molecule has 0 unspecified atom stereocenters. The first-order valence-corrected chi connectivity index (χ1v) is 9.82. The molecule has 6 nitrogen and oxygen atoms in total. The average Bonchev–Trinajstić information content (AvgIpc) is 2.37. The number of rotatable bonds is 6. The Hall–Kier alpha value is -0.930. The van der Waals surface area contributed by atoms with Gasteiger partial charge in [0.1, 0.15) is 0 Å². The van der Waals surface area contributed by atoms with E-state index < -0.39 is 37.1 Å². The summed E-state index contributed by atoms with van der Waals surface area (Å²) in [5.74, 6) is -2.46. The molecule has 9 heteroatoms. The van der Waals surface area contributed by atoms with Gasteiger partial charge in [0.05, 0.1) is 22.0 Å². The third kappa shape index (κ3) is 4.29. The molecule has 0 aliphatic carbocycles. The van der Waals surface area contributed by atoms with Crippen molar-refractivity contribution in [2.45, 2.75) is 11.8 Å². The minimum atomic E-state index is -3.88. The van der Waals surface area contributed by atoms with Crippen molar-refractivity contribution in [3.05, 3.63) is 28.2 Å². The number of halogens is 1. The van der Waals surface area contributed by atoms with Crippen molar-refractivity contribution in [3.8, 4) is 0 Å². The number of carbonyl (C=O) groups is 1. The summed E-state index contributed by atoms with van der Waals surface area (Å²) < 4.78 is 47.1. The van der Waals surface area contributed by atoms with E-state index in [1.165, 1.54) is 19.1 Å². The van der Waals surface area contributed by atoms with Gasteiger partial charge in [-0.25, -0.2) is 21.6 Å². The van der Waals surface area contributed by atoms with E-state index in [1.54, 1.807) is 0 Å². The molecule has 0 saturated heterocycles. The van der Waals surface area contributed by atoms with E-state index in [2.05, 4.69) is 15.9 Å². The van der Waals surface area contributed by atoms with Gasteiger partial charge in [0.15, 0.2) is 19.7 Å². The Morgan fingerprint density at radius 3 is 2.30 bits per heavy atom. The van der Waals surface area contributed by atoms with Gasteiger partial charge in [0, 0.05) is 10.2 Å². The fraction of sp³-hybridized carbons (Fsp3) is 0.364. The maximum Gasteiger partial charge on any atom is 0.335 e. The van der Waals surface area contributed by atoms with Crippen molar-refractivity contribution in [3.63, 3.8) is 0 Å². The van der Waals surface area contributed by atoms with Gasteiger partial charge < -0.3 is 5.11 Å². The molecule has 0 amide bonds. The van der Waals surface area contributed by atoms with Crippen LogP contribution in [-0.4, -0.2) is 45.2 Å². The number of hydrogen-bond donors (Lipinski definition) is 1. The van der Waals surface area contributed by atoms with Crippen LogP contribution in [-0.2, 0) is 19.7 Å². The minimum Gasteiger partial charge on any atom is -0.478 e. The fourth-order valence-corrected chi connectivity index (χ4v) is 5.43. The minimum absolute atomic E-state index is 0.140. The summed E-state index contributed by atoms with van der Waals surface area (Å²) in [7, 11) is -7.29. The summed E-state index contributed by atoms with van der Waals surface area (Å²) in [6, 6.07) is 3.58. The Balaban J connectivity index is 3.16. The van der Waals surface area contributed by atoms with E-state index in [-0.39, 0.29) is 20.7 Å². The van der Waals surface area contributed by atoms with Crippen molar-refractivity contribution in [2.24, 2.45) is 0 Å². The van der Waals surface area contributed by atoms with Crippen LogP contribution in [0.5, 0.6) is 0 Å². The molecule has 112 valence electrons. The zero-order valence-corrected chi connectivity index (χ0v) is 13.8. The first kappa shape index (κ1) is 17.1. The Morgan fingerprint density at radius 2 is 1.80 bits per heavy atom. The molecule has 0 aliphatic rings. The number of aromatic carboxylic acids is 1. The van der Waals surface area contributed by atoms with Crippen molar-refractivity contribution >= 4 is 41.6 Å². The lowest BCUT2D eigenvalue weighted by molar-refractivity contribution is 0.0696. The lowest BCUT2D eigenvalue weighted by Gasteiger charge is -2.08. The number of benzene rings is 1. The number of hydrogen-bond acceptors (Lipinski definition) is 5. The molecule has 0 bridgehead atoms. The normalized spacial score (nSPS) is 12.3. The molecular formula is C11H13BrO6S2. The van der Waals surface area contributed by atoms with E-state index in [9.17, 15) is 21.6 Å². The van der Waals surface area contributed by atoms with E-state index in [1.807, 2.05) is 0 Å². The molecule has 0 atom stereocenters. The number of carboxylic acid groups (broad SMARTS) is 1. The summed E-state index contributed by atoms with van der Waals surface area (Å²) in [6.07, 6.45) is 0. The van der Waals surface area contributed by atoms with Crippen LogP contribution in [0.25, 0.3) is 0 Å². The van der Waals surface area contributed by atoms with Gasteiger partial charge in [0.25, 0.3) is 0 Å². The summed E-state index contributed by atoms with van der Waals surface area (Å²) in [4.78, 5) is 10.6. The predicted molar refractivity (Wildman–Crippen MR) is 77.5 cm³/mol. The Bertz CT molecular complexity index is 721. The summed E-state index contributed by atoms with van der Waals surface area (Å²) in [6.45, 7) is 1.43. The molecular weight excluding hydrogens is 372 g/mol. The molecule has 1 N–H and O–H groups in total. The zero-order chi connectivity index (χ0) is 15.6. The van der Waals surface area contributed by atoms with Crippen molar-refractivity contribution in [1.82, 2.24) is 0 Å². The Morgan fingerprint density at radius 1 is 1.20 bits per heavy atom. The molecule has 1 rings (SSSR count). The van der Waals surface area contributed by atoms with Gasteiger partial charge in [-0.15, -0.1) is 0 Å². The van der Waals surface area contributed by atoms with E-state index in [0.29, 0.717) is 0 Å². The van der Waals surface area contributed by atoms with Crippen LogP contribution in [0.3, 0.4) is 0 Å². The second-order valence-electron chi connectivity index (χ2n) is 4.01.